The number of carboxylic acid groups (broad SMARTS) is 1. The van der Waals surface area contributed by atoms with Crippen LogP contribution < -0.4 is 4.90 Å². The van der Waals surface area contributed by atoms with Crippen LogP contribution in [0.15, 0.2) is 30.3 Å². The highest BCUT2D eigenvalue weighted by Crippen LogP contribution is 2.33. The lowest BCUT2D eigenvalue weighted by atomic mass is 10.1. The van der Waals surface area contributed by atoms with Crippen LogP contribution in [-0.4, -0.2) is 29.7 Å². The van der Waals surface area contributed by atoms with Crippen molar-refractivity contribution >= 4 is 22.4 Å². The second-order valence-electron chi connectivity index (χ2n) is 5.24. The van der Waals surface area contributed by atoms with Gasteiger partial charge in [0.2, 0.25) is 0 Å². The molecule has 5 heteroatoms. The summed E-state index contributed by atoms with van der Waals surface area (Å²) in [4.78, 5) is 18.4. The molecule has 0 fully saturated rings. The maximum Gasteiger partial charge on any atom is 0.348 e. The summed E-state index contributed by atoms with van der Waals surface area (Å²) in [6.07, 6.45) is 1.09. The summed E-state index contributed by atoms with van der Waals surface area (Å²) < 4.78 is 0. The van der Waals surface area contributed by atoms with Crippen LogP contribution in [0.5, 0.6) is 0 Å². The average Bonchev–Trinajstić information content (AvgIpc) is 2.93. The molecule has 112 valence electrons. The minimum atomic E-state index is -0.922. The Morgan fingerprint density at radius 2 is 2.05 bits per heavy atom. The first kappa shape index (κ1) is 15.5. The molecule has 1 unspecified atom stereocenters. The van der Waals surface area contributed by atoms with Gasteiger partial charge in [-0.15, -0.1) is 0 Å². The van der Waals surface area contributed by atoms with E-state index >= 15 is 0 Å². The topological polar surface area (TPSA) is 53.4 Å². The standard InChI is InChI=1S/C16H20N2O2S/c1-4-11(2)10-18(3)16-17-13(14(21-16)15(19)20)12-8-6-5-7-9-12/h5-9,11H,4,10H2,1-3H3,(H,19,20). The van der Waals surface area contributed by atoms with Gasteiger partial charge >= 0.3 is 5.97 Å². The maximum absolute atomic E-state index is 11.5. The third-order valence-electron chi connectivity index (χ3n) is 3.47. The quantitative estimate of drug-likeness (QED) is 0.876. The lowest BCUT2D eigenvalue weighted by Gasteiger charge is -2.19. The van der Waals surface area contributed by atoms with Gasteiger partial charge in [-0.1, -0.05) is 61.9 Å². The zero-order chi connectivity index (χ0) is 15.4. The Hall–Kier alpha value is -1.88. The number of nitrogens with zero attached hydrogens (tertiary/aromatic N) is 2. The van der Waals surface area contributed by atoms with Crippen molar-refractivity contribution in [2.75, 3.05) is 18.5 Å². The van der Waals surface area contributed by atoms with Crippen molar-refractivity contribution < 1.29 is 9.90 Å². The highest BCUT2D eigenvalue weighted by atomic mass is 32.1. The smallest absolute Gasteiger partial charge is 0.348 e. The van der Waals surface area contributed by atoms with E-state index in [9.17, 15) is 9.90 Å². The Balaban J connectivity index is 2.36. The molecule has 1 atom stereocenters. The van der Waals surface area contributed by atoms with Gasteiger partial charge in [-0.3, -0.25) is 0 Å². The molecule has 1 aromatic heterocycles. The second-order valence-corrected chi connectivity index (χ2v) is 6.22. The molecule has 0 amide bonds. The number of carboxylic acids is 1. The second kappa shape index (κ2) is 6.72. The number of carbonyl (C=O) groups is 1. The van der Waals surface area contributed by atoms with Crippen LogP contribution in [-0.2, 0) is 0 Å². The van der Waals surface area contributed by atoms with Gasteiger partial charge in [-0.25, -0.2) is 9.78 Å². The Labute approximate surface area is 129 Å². The number of hydrogen-bond donors (Lipinski definition) is 1. The van der Waals surface area contributed by atoms with Gasteiger partial charge < -0.3 is 10.0 Å². The molecule has 2 rings (SSSR count). The summed E-state index contributed by atoms with van der Waals surface area (Å²) in [5.74, 6) is -0.373. The molecule has 0 bridgehead atoms. The lowest BCUT2D eigenvalue weighted by molar-refractivity contribution is 0.0702. The molecule has 0 aliphatic carbocycles. The summed E-state index contributed by atoms with van der Waals surface area (Å²) in [6, 6.07) is 9.47. The largest absolute Gasteiger partial charge is 0.477 e. The average molecular weight is 304 g/mol. The van der Waals surface area contributed by atoms with Gasteiger partial charge in [-0.2, -0.15) is 0 Å². The van der Waals surface area contributed by atoms with Crippen LogP contribution in [0.2, 0.25) is 0 Å². The van der Waals surface area contributed by atoms with Gasteiger partial charge in [0.05, 0.1) is 5.69 Å². The maximum atomic E-state index is 11.5. The first-order valence-corrected chi connectivity index (χ1v) is 7.85. The number of anilines is 1. The van der Waals surface area contributed by atoms with E-state index in [4.69, 9.17) is 0 Å². The van der Waals surface area contributed by atoms with E-state index in [1.165, 1.54) is 11.3 Å². The van der Waals surface area contributed by atoms with E-state index < -0.39 is 5.97 Å². The molecule has 0 spiro atoms. The van der Waals surface area contributed by atoms with Gasteiger partial charge in [0.15, 0.2) is 5.13 Å². The highest BCUT2D eigenvalue weighted by Gasteiger charge is 2.20. The van der Waals surface area contributed by atoms with E-state index in [2.05, 4.69) is 18.8 Å². The first-order valence-electron chi connectivity index (χ1n) is 7.03. The van der Waals surface area contributed by atoms with Gasteiger partial charge in [-0.05, 0) is 5.92 Å². The van der Waals surface area contributed by atoms with Crippen LogP contribution >= 0.6 is 11.3 Å². The monoisotopic (exact) mass is 304 g/mol. The molecule has 0 aliphatic heterocycles. The molecule has 1 aromatic carbocycles. The van der Waals surface area contributed by atoms with Crippen molar-refractivity contribution in [1.29, 1.82) is 0 Å². The first-order chi connectivity index (χ1) is 10.0. The van der Waals surface area contributed by atoms with Crippen molar-refractivity contribution in [2.45, 2.75) is 20.3 Å². The van der Waals surface area contributed by atoms with Crippen LogP contribution in [0.4, 0.5) is 5.13 Å². The number of hydrogen-bond acceptors (Lipinski definition) is 4. The van der Waals surface area contributed by atoms with Crippen molar-refractivity contribution in [3.63, 3.8) is 0 Å². The van der Waals surface area contributed by atoms with Crippen LogP contribution in [0.25, 0.3) is 11.3 Å². The third kappa shape index (κ3) is 3.61. The number of aromatic nitrogens is 1. The Morgan fingerprint density at radius 3 is 2.62 bits per heavy atom. The Bertz CT molecular complexity index is 610. The summed E-state index contributed by atoms with van der Waals surface area (Å²) in [6.45, 7) is 5.20. The molecule has 4 nitrogen and oxygen atoms in total. The van der Waals surface area contributed by atoms with E-state index in [0.717, 1.165) is 23.7 Å². The molecule has 1 N–H and O–H groups in total. The molecular weight excluding hydrogens is 284 g/mol. The molecule has 21 heavy (non-hydrogen) atoms. The van der Waals surface area contributed by atoms with Crippen molar-refractivity contribution in [1.82, 2.24) is 4.98 Å². The molecule has 0 aliphatic rings. The molecule has 2 aromatic rings. The minimum Gasteiger partial charge on any atom is -0.477 e. The molecular formula is C16H20N2O2S. The van der Waals surface area contributed by atoms with E-state index in [0.29, 0.717) is 16.5 Å². The number of aromatic carboxylic acids is 1. The number of rotatable bonds is 6. The van der Waals surface area contributed by atoms with E-state index in [1.54, 1.807) is 0 Å². The van der Waals surface area contributed by atoms with Gasteiger partial charge in [0.1, 0.15) is 4.88 Å². The zero-order valence-corrected chi connectivity index (χ0v) is 13.4. The van der Waals surface area contributed by atoms with Crippen molar-refractivity contribution in [2.24, 2.45) is 5.92 Å². The van der Waals surface area contributed by atoms with Crippen molar-refractivity contribution in [3.05, 3.63) is 35.2 Å². The predicted octanol–water partition coefficient (Wildman–Crippen LogP) is 3.99. The van der Waals surface area contributed by atoms with Crippen LogP contribution in [0, 0.1) is 5.92 Å². The fraction of sp³-hybridized carbons (Fsp3) is 0.375. The van der Waals surface area contributed by atoms with Gasteiger partial charge in [0.25, 0.3) is 0 Å². The Morgan fingerprint density at radius 1 is 1.38 bits per heavy atom. The lowest BCUT2D eigenvalue weighted by Crippen LogP contribution is -2.23. The van der Waals surface area contributed by atoms with E-state index in [1.807, 2.05) is 42.3 Å². The SMILES string of the molecule is CCC(C)CN(C)c1nc(-c2ccccc2)c(C(=O)O)s1. The molecule has 1 heterocycles. The normalized spacial score (nSPS) is 12.1. The van der Waals surface area contributed by atoms with E-state index in [-0.39, 0.29) is 0 Å². The summed E-state index contributed by atoms with van der Waals surface area (Å²) in [7, 11) is 1.96. The number of thiazole rings is 1. The predicted molar refractivity (Wildman–Crippen MR) is 87.2 cm³/mol. The van der Waals surface area contributed by atoms with Gasteiger partial charge in [0, 0.05) is 19.2 Å². The summed E-state index contributed by atoms with van der Waals surface area (Å²) in [5.41, 5.74) is 1.40. The molecule has 0 radical (unpaired) electrons. The van der Waals surface area contributed by atoms with Crippen molar-refractivity contribution in [3.8, 4) is 11.3 Å². The third-order valence-corrected chi connectivity index (χ3v) is 4.62. The molecule has 0 saturated heterocycles. The van der Waals surface area contributed by atoms with Crippen LogP contribution in [0.3, 0.4) is 0 Å². The zero-order valence-electron chi connectivity index (χ0n) is 12.5. The fourth-order valence-electron chi connectivity index (χ4n) is 2.08. The molecule has 0 saturated carbocycles. The van der Waals surface area contributed by atoms with Crippen LogP contribution in [0.1, 0.15) is 29.9 Å². The number of benzene rings is 1. The minimum absolute atomic E-state index is 0.298. The fourth-order valence-corrected chi connectivity index (χ4v) is 2.98. The summed E-state index contributed by atoms with van der Waals surface area (Å²) in [5, 5.41) is 10.2. The highest BCUT2D eigenvalue weighted by molar-refractivity contribution is 7.17. The Kier molecular flexibility index (Phi) is 4.96. The summed E-state index contributed by atoms with van der Waals surface area (Å²) >= 11 is 1.24.